The van der Waals surface area contributed by atoms with Gasteiger partial charge < -0.3 is 10.6 Å². The van der Waals surface area contributed by atoms with Gasteiger partial charge in [-0.2, -0.15) is 0 Å². The molecule has 1 aromatic rings. The van der Waals surface area contributed by atoms with Crippen LogP contribution in [0.25, 0.3) is 0 Å². The second-order valence-corrected chi connectivity index (χ2v) is 2.78. The smallest absolute Gasteiger partial charge is 0.0738 e. The van der Waals surface area contributed by atoms with Crippen molar-refractivity contribution < 1.29 is 0 Å². The molecule has 0 unspecified atom stereocenters. The Morgan fingerprint density at radius 3 is 2.82 bits per heavy atom. The van der Waals surface area contributed by atoms with E-state index in [1.54, 1.807) is 12.4 Å². The minimum atomic E-state index is 0.784. The molecule has 58 valence electrons. The van der Waals surface area contributed by atoms with Crippen molar-refractivity contribution in [2.45, 2.75) is 6.42 Å². The van der Waals surface area contributed by atoms with Crippen LogP contribution in [0.3, 0.4) is 0 Å². The fraction of sp³-hybridized carbons (Fsp3) is 0.375. The first-order valence-electron chi connectivity index (χ1n) is 3.82. The van der Waals surface area contributed by atoms with Gasteiger partial charge in [0.25, 0.3) is 0 Å². The van der Waals surface area contributed by atoms with Crippen molar-refractivity contribution in [2.24, 2.45) is 0 Å². The van der Waals surface area contributed by atoms with Gasteiger partial charge >= 0.3 is 0 Å². The Bertz CT molecular complexity index is 255. The third-order valence-electron chi connectivity index (χ3n) is 2.02. The molecule has 0 bridgehead atoms. The average Bonchev–Trinajstić information content (AvgIpc) is 1.90. The number of hydrogen-bond acceptors (Lipinski definition) is 3. The first-order chi connectivity index (χ1) is 5.38. The second kappa shape index (κ2) is 2.42. The highest BCUT2D eigenvalue weighted by Gasteiger charge is 2.15. The first kappa shape index (κ1) is 6.46. The molecule has 0 saturated carbocycles. The Hall–Kier alpha value is -1.25. The number of hydrogen-bond donors (Lipinski definition) is 1. The van der Waals surface area contributed by atoms with Crippen molar-refractivity contribution >= 4 is 11.4 Å². The topological polar surface area (TPSA) is 42.1 Å². The van der Waals surface area contributed by atoms with Gasteiger partial charge in [-0.1, -0.05) is 0 Å². The van der Waals surface area contributed by atoms with E-state index in [9.17, 15) is 0 Å². The molecule has 0 spiro atoms. The molecule has 0 radical (unpaired) electrons. The summed E-state index contributed by atoms with van der Waals surface area (Å²) in [6, 6.07) is 1.97. The summed E-state index contributed by atoms with van der Waals surface area (Å²) in [6.07, 6.45) is 4.76. The fourth-order valence-corrected chi connectivity index (χ4v) is 1.24. The van der Waals surface area contributed by atoms with E-state index in [0.29, 0.717) is 0 Å². The summed E-state index contributed by atoms with van der Waals surface area (Å²) in [4.78, 5) is 6.19. The van der Waals surface area contributed by atoms with Gasteiger partial charge in [0.05, 0.1) is 17.6 Å². The van der Waals surface area contributed by atoms with Gasteiger partial charge in [-0.3, -0.25) is 4.98 Å². The van der Waals surface area contributed by atoms with E-state index in [2.05, 4.69) is 9.88 Å². The van der Waals surface area contributed by atoms with E-state index in [0.717, 1.165) is 24.5 Å². The zero-order valence-corrected chi connectivity index (χ0v) is 6.33. The maximum atomic E-state index is 5.73. The maximum Gasteiger partial charge on any atom is 0.0738 e. The largest absolute Gasteiger partial charge is 0.396 e. The highest BCUT2D eigenvalue weighted by molar-refractivity contribution is 5.66. The quantitative estimate of drug-likeness (QED) is 0.644. The normalized spacial score (nSPS) is 16.2. The Balaban J connectivity index is 2.28. The van der Waals surface area contributed by atoms with Gasteiger partial charge in [-0.05, 0) is 12.5 Å². The third kappa shape index (κ3) is 1.02. The van der Waals surface area contributed by atoms with Gasteiger partial charge in [0.2, 0.25) is 0 Å². The van der Waals surface area contributed by atoms with E-state index in [4.69, 9.17) is 5.73 Å². The van der Waals surface area contributed by atoms with Crippen LogP contribution in [0.1, 0.15) is 6.42 Å². The third-order valence-corrected chi connectivity index (χ3v) is 2.02. The minimum absolute atomic E-state index is 0.784. The van der Waals surface area contributed by atoms with Crippen molar-refractivity contribution in [1.29, 1.82) is 0 Å². The summed E-state index contributed by atoms with van der Waals surface area (Å²) in [5, 5.41) is 0. The first-order valence-corrected chi connectivity index (χ1v) is 3.82. The SMILES string of the molecule is Nc1cnccc1N1CCC1. The van der Waals surface area contributed by atoms with Crippen LogP contribution in [0.2, 0.25) is 0 Å². The Morgan fingerprint density at radius 2 is 2.27 bits per heavy atom. The summed E-state index contributed by atoms with van der Waals surface area (Å²) in [5.74, 6) is 0. The van der Waals surface area contributed by atoms with Crippen LogP contribution in [-0.2, 0) is 0 Å². The summed E-state index contributed by atoms with van der Waals surface area (Å²) in [7, 11) is 0. The predicted molar refractivity (Wildman–Crippen MR) is 45.5 cm³/mol. The lowest BCUT2D eigenvalue weighted by atomic mass is 10.2. The molecule has 0 atom stereocenters. The molecule has 11 heavy (non-hydrogen) atoms. The zero-order chi connectivity index (χ0) is 7.68. The molecule has 1 aliphatic rings. The van der Waals surface area contributed by atoms with Gasteiger partial charge in [0.15, 0.2) is 0 Å². The van der Waals surface area contributed by atoms with Crippen molar-refractivity contribution in [1.82, 2.24) is 4.98 Å². The fourth-order valence-electron chi connectivity index (χ4n) is 1.24. The lowest BCUT2D eigenvalue weighted by Crippen LogP contribution is -2.37. The van der Waals surface area contributed by atoms with Crippen molar-refractivity contribution in [2.75, 3.05) is 23.7 Å². The molecule has 1 saturated heterocycles. The van der Waals surface area contributed by atoms with E-state index < -0.39 is 0 Å². The highest BCUT2D eigenvalue weighted by atomic mass is 15.2. The molecule has 0 aromatic carbocycles. The Morgan fingerprint density at radius 1 is 1.45 bits per heavy atom. The van der Waals surface area contributed by atoms with Crippen molar-refractivity contribution in [3.8, 4) is 0 Å². The van der Waals surface area contributed by atoms with Crippen molar-refractivity contribution in [3.05, 3.63) is 18.5 Å². The van der Waals surface area contributed by atoms with E-state index in [1.807, 2.05) is 6.07 Å². The van der Waals surface area contributed by atoms with Gasteiger partial charge in [0.1, 0.15) is 0 Å². The molecule has 3 heteroatoms. The van der Waals surface area contributed by atoms with E-state index in [1.165, 1.54) is 6.42 Å². The van der Waals surface area contributed by atoms with E-state index >= 15 is 0 Å². The van der Waals surface area contributed by atoms with Crippen LogP contribution < -0.4 is 10.6 Å². The summed E-state index contributed by atoms with van der Waals surface area (Å²) in [5.41, 5.74) is 7.64. The van der Waals surface area contributed by atoms with Crippen LogP contribution in [0, 0.1) is 0 Å². The molecule has 0 aliphatic carbocycles. The zero-order valence-electron chi connectivity index (χ0n) is 6.33. The molecule has 0 amide bonds. The highest BCUT2D eigenvalue weighted by Crippen LogP contribution is 2.25. The number of aromatic nitrogens is 1. The summed E-state index contributed by atoms with van der Waals surface area (Å²) in [6.45, 7) is 2.27. The molecular formula is C8H11N3. The monoisotopic (exact) mass is 149 g/mol. The van der Waals surface area contributed by atoms with Crippen molar-refractivity contribution in [3.63, 3.8) is 0 Å². The molecule has 1 aliphatic heterocycles. The van der Waals surface area contributed by atoms with Gasteiger partial charge in [-0.25, -0.2) is 0 Å². The van der Waals surface area contributed by atoms with Crippen LogP contribution in [0.5, 0.6) is 0 Å². The lowest BCUT2D eigenvalue weighted by molar-refractivity contribution is 0.618. The maximum absolute atomic E-state index is 5.73. The molecule has 1 fully saturated rings. The minimum Gasteiger partial charge on any atom is -0.396 e. The van der Waals surface area contributed by atoms with E-state index in [-0.39, 0.29) is 0 Å². The van der Waals surface area contributed by atoms with Gasteiger partial charge in [0, 0.05) is 19.3 Å². The Kier molecular flexibility index (Phi) is 1.42. The summed E-state index contributed by atoms with van der Waals surface area (Å²) < 4.78 is 0. The van der Waals surface area contributed by atoms with Crippen LogP contribution in [0.4, 0.5) is 11.4 Å². The van der Waals surface area contributed by atoms with Gasteiger partial charge in [-0.15, -0.1) is 0 Å². The molecule has 3 nitrogen and oxygen atoms in total. The number of nitrogens with zero attached hydrogens (tertiary/aromatic N) is 2. The standard InChI is InChI=1S/C8H11N3/c9-7-6-10-3-2-8(7)11-4-1-5-11/h2-3,6H,1,4-5,9H2. The number of nitrogens with two attached hydrogens (primary N) is 1. The molecule has 2 N–H and O–H groups in total. The van der Waals surface area contributed by atoms with Crippen LogP contribution in [-0.4, -0.2) is 18.1 Å². The molecule has 2 rings (SSSR count). The van der Waals surface area contributed by atoms with Crippen LogP contribution >= 0.6 is 0 Å². The number of anilines is 2. The number of pyridine rings is 1. The number of rotatable bonds is 1. The second-order valence-electron chi connectivity index (χ2n) is 2.78. The Labute approximate surface area is 65.8 Å². The lowest BCUT2D eigenvalue weighted by Gasteiger charge is -2.33. The summed E-state index contributed by atoms with van der Waals surface area (Å²) >= 11 is 0. The average molecular weight is 149 g/mol. The molecule has 2 heterocycles. The molecular weight excluding hydrogens is 138 g/mol. The predicted octanol–water partition coefficient (Wildman–Crippen LogP) is 0.874. The number of nitrogen functional groups attached to an aromatic ring is 1. The van der Waals surface area contributed by atoms with Crippen LogP contribution in [0.15, 0.2) is 18.5 Å². The molecule has 1 aromatic heterocycles.